The maximum atomic E-state index is 12.1. The van der Waals surface area contributed by atoms with Gasteiger partial charge in [0.15, 0.2) is 0 Å². The van der Waals surface area contributed by atoms with Gasteiger partial charge in [0.1, 0.15) is 6.04 Å². The summed E-state index contributed by atoms with van der Waals surface area (Å²) in [5.74, 6) is -1.88. The number of hydrogen-bond donors (Lipinski definition) is 3. The molecule has 1 saturated heterocycles. The van der Waals surface area contributed by atoms with Gasteiger partial charge in [0.25, 0.3) is 0 Å². The van der Waals surface area contributed by atoms with E-state index in [-0.39, 0.29) is 17.4 Å². The maximum Gasteiger partial charge on any atom is 0.309 e. The topological polar surface area (TPSA) is 105 Å². The lowest BCUT2D eigenvalue weighted by Gasteiger charge is -2.29. The van der Waals surface area contributed by atoms with E-state index >= 15 is 0 Å². The minimum absolute atomic E-state index is 0.0456. The molecule has 1 aliphatic rings. The molecule has 8 heteroatoms. The molecule has 1 heterocycles. The summed E-state index contributed by atoms with van der Waals surface area (Å²) in [5, 5.41) is 4.64. The number of carbonyl (C=O) groups is 3. The average molecular weight is 300 g/mol. The normalized spacial score (nSPS) is 16.1. The molecule has 3 amide bonds. The van der Waals surface area contributed by atoms with Gasteiger partial charge in [0.2, 0.25) is 5.91 Å². The molecule has 0 bridgehead atoms. The largest absolute Gasteiger partial charge is 0.392 e. The van der Waals surface area contributed by atoms with Gasteiger partial charge in [-0.2, -0.15) is 0 Å². The molecule has 20 heavy (non-hydrogen) atoms. The second kappa shape index (κ2) is 7.78. The number of piperidine rings is 1. The van der Waals surface area contributed by atoms with E-state index in [1.54, 1.807) is 11.8 Å². The fourth-order valence-corrected chi connectivity index (χ4v) is 2.03. The molecule has 0 spiro atoms. The van der Waals surface area contributed by atoms with Gasteiger partial charge < -0.3 is 21.3 Å². The van der Waals surface area contributed by atoms with E-state index in [1.807, 2.05) is 0 Å². The Morgan fingerprint density at radius 2 is 1.80 bits per heavy atom. The Bertz CT molecular complexity index is 408. The van der Waals surface area contributed by atoms with Crippen molar-refractivity contribution in [2.75, 3.05) is 19.6 Å². The first kappa shape index (κ1) is 16.4. The number of nitrogens with one attached hydrogen (secondary N) is 2. The second-order valence-electron chi connectivity index (χ2n) is 4.73. The van der Waals surface area contributed by atoms with E-state index < -0.39 is 17.9 Å². The highest BCUT2D eigenvalue weighted by Crippen LogP contribution is 2.09. The molecule has 0 aliphatic carbocycles. The highest BCUT2D eigenvalue weighted by atomic mass is 32.1. The van der Waals surface area contributed by atoms with Crippen LogP contribution in [0.4, 0.5) is 0 Å². The SMILES string of the molecule is CC(NC(=O)C(=O)NCC(N)=S)C(=O)N1CCCCC1. The summed E-state index contributed by atoms with van der Waals surface area (Å²) in [6, 6.07) is -0.726. The van der Waals surface area contributed by atoms with Gasteiger partial charge in [-0.15, -0.1) is 0 Å². The lowest BCUT2D eigenvalue weighted by molar-refractivity contribution is -0.142. The number of nitrogens with two attached hydrogens (primary N) is 1. The Labute approximate surface area is 123 Å². The van der Waals surface area contributed by atoms with Gasteiger partial charge in [0.05, 0.1) is 11.5 Å². The maximum absolute atomic E-state index is 12.1. The summed E-state index contributed by atoms with van der Waals surface area (Å²) >= 11 is 4.59. The zero-order chi connectivity index (χ0) is 15.1. The highest BCUT2D eigenvalue weighted by Gasteiger charge is 2.25. The van der Waals surface area contributed by atoms with Crippen LogP contribution >= 0.6 is 12.2 Å². The van der Waals surface area contributed by atoms with Crippen LogP contribution in [0.1, 0.15) is 26.2 Å². The predicted molar refractivity (Wildman–Crippen MR) is 77.8 cm³/mol. The standard InChI is InChI=1S/C12H20N4O3S/c1-8(12(19)16-5-3-2-4-6-16)15-11(18)10(17)14-7-9(13)20/h8H,2-7H2,1H3,(H2,13,20)(H,14,17)(H,15,18). The molecule has 1 atom stereocenters. The van der Waals surface area contributed by atoms with Crippen molar-refractivity contribution < 1.29 is 14.4 Å². The van der Waals surface area contributed by atoms with Crippen LogP contribution in [0.5, 0.6) is 0 Å². The van der Waals surface area contributed by atoms with Gasteiger partial charge >= 0.3 is 11.8 Å². The van der Waals surface area contributed by atoms with E-state index in [4.69, 9.17) is 5.73 Å². The highest BCUT2D eigenvalue weighted by molar-refractivity contribution is 7.80. The van der Waals surface area contributed by atoms with Crippen molar-refractivity contribution >= 4 is 34.9 Å². The molecule has 1 rings (SSSR count). The number of thiocarbonyl (C=S) groups is 1. The molecule has 0 radical (unpaired) electrons. The Hall–Kier alpha value is -1.70. The predicted octanol–water partition coefficient (Wildman–Crippen LogP) is -1.09. The number of nitrogens with zero attached hydrogens (tertiary/aromatic N) is 1. The van der Waals surface area contributed by atoms with Gasteiger partial charge in [0, 0.05) is 13.1 Å². The summed E-state index contributed by atoms with van der Waals surface area (Å²) in [6.45, 7) is 2.92. The van der Waals surface area contributed by atoms with Crippen LogP contribution in [-0.4, -0.2) is 53.3 Å². The smallest absolute Gasteiger partial charge is 0.309 e. The second-order valence-corrected chi connectivity index (χ2v) is 5.25. The number of rotatable bonds is 4. The van der Waals surface area contributed by atoms with E-state index in [0.29, 0.717) is 13.1 Å². The minimum Gasteiger partial charge on any atom is -0.392 e. The molecule has 7 nitrogen and oxygen atoms in total. The van der Waals surface area contributed by atoms with Gasteiger partial charge in [-0.3, -0.25) is 14.4 Å². The Morgan fingerprint density at radius 3 is 2.35 bits per heavy atom. The van der Waals surface area contributed by atoms with Gasteiger partial charge in [-0.1, -0.05) is 12.2 Å². The van der Waals surface area contributed by atoms with Crippen LogP contribution in [0.15, 0.2) is 0 Å². The monoisotopic (exact) mass is 300 g/mol. The molecule has 0 aromatic carbocycles. The van der Waals surface area contributed by atoms with Crippen molar-refractivity contribution in [2.45, 2.75) is 32.2 Å². The average Bonchev–Trinajstić information content (AvgIpc) is 2.44. The van der Waals surface area contributed by atoms with Crippen molar-refractivity contribution in [3.05, 3.63) is 0 Å². The van der Waals surface area contributed by atoms with Crippen LogP contribution in [-0.2, 0) is 14.4 Å². The van der Waals surface area contributed by atoms with Crippen LogP contribution < -0.4 is 16.4 Å². The third-order valence-corrected chi connectivity index (χ3v) is 3.16. The van der Waals surface area contributed by atoms with E-state index in [9.17, 15) is 14.4 Å². The summed E-state index contributed by atoms with van der Waals surface area (Å²) in [5.41, 5.74) is 5.21. The molecule has 112 valence electrons. The zero-order valence-corrected chi connectivity index (χ0v) is 12.3. The van der Waals surface area contributed by atoms with Crippen molar-refractivity contribution in [3.8, 4) is 0 Å². The molecule has 0 saturated carbocycles. The van der Waals surface area contributed by atoms with E-state index in [1.165, 1.54) is 0 Å². The fraction of sp³-hybridized carbons (Fsp3) is 0.667. The molecular formula is C12H20N4O3S. The molecule has 0 aromatic heterocycles. The first-order valence-electron chi connectivity index (χ1n) is 6.57. The Kier molecular flexibility index (Phi) is 6.37. The third-order valence-electron chi connectivity index (χ3n) is 3.02. The Morgan fingerprint density at radius 1 is 1.20 bits per heavy atom. The van der Waals surface area contributed by atoms with Crippen LogP contribution in [0.3, 0.4) is 0 Å². The third kappa shape index (κ3) is 5.12. The minimum atomic E-state index is -0.862. The zero-order valence-electron chi connectivity index (χ0n) is 11.5. The Balaban J connectivity index is 2.41. The lowest BCUT2D eigenvalue weighted by atomic mass is 10.1. The number of hydrogen-bond acceptors (Lipinski definition) is 4. The number of amides is 3. The fourth-order valence-electron chi connectivity index (χ4n) is 1.96. The van der Waals surface area contributed by atoms with Crippen molar-refractivity contribution in [1.29, 1.82) is 0 Å². The molecule has 1 aliphatic heterocycles. The quantitative estimate of drug-likeness (QED) is 0.452. The molecule has 0 aromatic rings. The number of likely N-dealkylation sites (tertiary alicyclic amines) is 1. The summed E-state index contributed by atoms with van der Waals surface area (Å²) < 4.78 is 0. The van der Waals surface area contributed by atoms with Gasteiger partial charge in [-0.05, 0) is 26.2 Å². The molecule has 1 fully saturated rings. The first-order chi connectivity index (χ1) is 9.41. The summed E-state index contributed by atoms with van der Waals surface area (Å²) in [6.07, 6.45) is 3.06. The molecule has 4 N–H and O–H groups in total. The van der Waals surface area contributed by atoms with Crippen molar-refractivity contribution in [2.24, 2.45) is 5.73 Å². The molecule has 1 unspecified atom stereocenters. The number of carbonyl (C=O) groups excluding carboxylic acids is 3. The van der Waals surface area contributed by atoms with Crippen LogP contribution in [0, 0.1) is 0 Å². The summed E-state index contributed by atoms with van der Waals surface area (Å²) in [4.78, 5) is 36.9. The first-order valence-corrected chi connectivity index (χ1v) is 6.98. The molecular weight excluding hydrogens is 280 g/mol. The van der Waals surface area contributed by atoms with Crippen LogP contribution in [0.2, 0.25) is 0 Å². The summed E-state index contributed by atoms with van der Waals surface area (Å²) in [7, 11) is 0. The van der Waals surface area contributed by atoms with Gasteiger partial charge in [-0.25, -0.2) is 0 Å². The van der Waals surface area contributed by atoms with E-state index in [2.05, 4.69) is 22.9 Å². The van der Waals surface area contributed by atoms with Crippen molar-refractivity contribution in [1.82, 2.24) is 15.5 Å². The van der Waals surface area contributed by atoms with Crippen molar-refractivity contribution in [3.63, 3.8) is 0 Å². The lowest BCUT2D eigenvalue weighted by Crippen LogP contribution is -2.52. The van der Waals surface area contributed by atoms with E-state index in [0.717, 1.165) is 19.3 Å². The van der Waals surface area contributed by atoms with Crippen LogP contribution in [0.25, 0.3) is 0 Å².